The molecule has 1 aliphatic heterocycles. The van der Waals surface area contributed by atoms with Gasteiger partial charge in [-0.05, 0) is 31.4 Å². The number of carbonyl (C=O) groups excluding carboxylic acids is 1. The first-order valence-electron chi connectivity index (χ1n) is 6.52. The van der Waals surface area contributed by atoms with Crippen molar-refractivity contribution in [2.75, 3.05) is 13.2 Å². The number of rotatable bonds is 2. The largest absolute Gasteiger partial charge is 0.350 e. The number of ketones is 1. The first-order chi connectivity index (χ1) is 8.67. The van der Waals surface area contributed by atoms with Crippen molar-refractivity contribution in [1.29, 1.82) is 0 Å². The fourth-order valence-corrected chi connectivity index (χ4v) is 3.05. The van der Waals surface area contributed by atoms with Crippen LogP contribution >= 0.6 is 0 Å². The van der Waals surface area contributed by atoms with Gasteiger partial charge in [-0.25, -0.2) is 0 Å². The average molecular weight is 246 g/mol. The molecule has 3 heteroatoms. The molecule has 18 heavy (non-hydrogen) atoms. The van der Waals surface area contributed by atoms with E-state index < -0.39 is 0 Å². The van der Waals surface area contributed by atoms with Crippen LogP contribution in [0, 0.1) is 11.3 Å². The van der Waals surface area contributed by atoms with E-state index in [4.69, 9.17) is 9.47 Å². The van der Waals surface area contributed by atoms with E-state index in [1.165, 1.54) is 5.57 Å². The van der Waals surface area contributed by atoms with Crippen molar-refractivity contribution in [3.05, 3.63) is 36.0 Å². The highest BCUT2D eigenvalue weighted by atomic mass is 16.7. The van der Waals surface area contributed by atoms with Gasteiger partial charge < -0.3 is 9.47 Å². The van der Waals surface area contributed by atoms with Crippen LogP contribution in [0.3, 0.4) is 0 Å². The maximum Gasteiger partial charge on any atom is 0.178 e. The molecule has 3 aliphatic rings. The zero-order valence-electron chi connectivity index (χ0n) is 10.6. The Kier molecular flexibility index (Phi) is 2.96. The molecule has 1 heterocycles. The molecular formula is C15H18O3. The molecule has 1 spiro atoms. The summed E-state index contributed by atoms with van der Waals surface area (Å²) in [7, 11) is 0. The van der Waals surface area contributed by atoms with Crippen LogP contribution in [-0.2, 0) is 14.3 Å². The minimum Gasteiger partial charge on any atom is -0.350 e. The van der Waals surface area contributed by atoms with Crippen molar-refractivity contribution >= 4 is 5.78 Å². The van der Waals surface area contributed by atoms with Gasteiger partial charge in [-0.1, -0.05) is 23.8 Å². The fourth-order valence-electron chi connectivity index (χ4n) is 3.05. The maximum absolute atomic E-state index is 11.2. The first kappa shape index (κ1) is 11.9. The van der Waals surface area contributed by atoms with Crippen molar-refractivity contribution < 1.29 is 14.3 Å². The summed E-state index contributed by atoms with van der Waals surface area (Å²) in [4.78, 5) is 11.2. The number of ether oxygens (including phenoxy) is 2. The quantitative estimate of drug-likeness (QED) is 0.702. The number of allylic oxidation sites excluding steroid dienone is 6. The summed E-state index contributed by atoms with van der Waals surface area (Å²) in [5.74, 6) is 0.563. The normalized spacial score (nSPS) is 30.4. The van der Waals surface area contributed by atoms with Gasteiger partial charge in [0.2, 0.25) is 0 Å². The molecule has 3 nitrogen and oxygen atoms in total. The molecule has 0 bridgehead atoms. The Balaban J connectivity index is 1.70. The molecule has 0 aromatic heterocycles. The smallest absolute Gasteiger partial charge is 0.178 e. The number of hydrogen-bond acceptors (Lipinski definition) is 3. The molecule has 0 aromatic carbocycles. The Morgan fingerprint density at radius 1 is 1.28 bits per heavy atom. The SMILES string of the molecule is CC1=CC2(C=CC(=O)C=C2)C[C@H]1CC1OCCO1. The minimum atomic E-state index is -0.0543. The van der Waals surface area contributed by atoms with E-state index in [1.807, 2.05) is 12.2 Å². The second kappa shape index (κ2) is 4.48. The summed E-state index contributed by atoms with van der Waals surface area (Å²) in [5.41, 5.74) is 1.32. The fraction of sp³-hybridized carbons (Fsp3) is 0.533. The van der Waals surface area contributed by atoms with Gasteiger partial charge in [-0.2, -0.15) is 0 Å². The number of hydrogen-bond donors (Lipinski definition) is 0. The van der Waals surface area contributed by atoms with E-state index >= 15 is 0 Å². The molecule has 1 atom stereocenters. The summed E-state index contributed by atoms with van der Waals surface area (Å²) in [5, 5.41) is 0. The van der Waals surface area contributed by atoms with Crippen LogP contribution in [-0.4, -0.2) is 25.3 Å². The van der Waals surface area contributed by atoms with Crippen molar-refractivity contribution in [2.24, 2.45) is 11.3 Å². The molecule has 0 N–H and O–H groups in total. The molecule has 0 saturated carbocycles. The average Bonchev–Trinajstić information content (AvgIpc) is 2.94. The van der Waals surface area contributed by atoms with Crippen LogP contribution in [0.1, 0.15) is 19.8 Å². The lowest BCUT2D eigenvalue weighted by Crippen LogP contribution is -2.18. The van der Waals surface area contributed by atoms with Crippen LogP contribution in [0.4, 0.5) is 0 Å². The van der Waals surface area contributed by atoms with Crippen LogP contribution in [0.2, 0.25) is 0 Å². The van der Waals surface area contributed by atoms with Crippen molar-refractivity contribution in [3.63, 3.8) is 0 Å². The molecule has 1 fully saturated rings. The third-order valence-corrected chi connectivity index (χ3v) is 4.02. The molecule has 2 aliphatic carbocycles. The Morgan fingerprint density at radius 3 is 2.61 bits per heavy atom. The molecule has 96 valence electrons. The Morgan fingerprint density at radius 2 is 1.94 bits per heavy atom. The predicted octanol–water partition coefficient (Wildman–Crippen LogP) is 2.40. The predicted molar refractivity (Wildman–Crippen MR) is 67.9 cm³/mol. The highest BCUT2D eigenvalue weighted by Gasteiger charge is 2.36. The van der Waals surface area contributed by atoms with E-state index in [2.05, 4.69) is 13.0 Å². The minimum absolute atomic E-state index is 0.0494. The van der Waals surface area contributed by atoms with Gasteiger partial charge in [0.1, 0.15) is 0 Å². The monoisotopic (exact) mass is 246 g/mol. The highest BCUT2D eigenvalue weighted by Crippen LogP contribution is 2.45. The van der Waals surface area contributed by atoms with Gasteiger partial charge in [-0.15, -0.1) is 0 Å². The summed E-state index contributed by atoms with van der Waals surface area (Å²) in [6.45, 7) is 3.58. The Bertz CT molecular complexity index is 423. The Hall–Kier alpha value is -1.19. The lowest BCUT2D eigenvalue weighted by molar-refractivity contribution is -0.110. The molecule has 1 saturated heterocycles. The lowest BCUT2D eigenvalue weighted by atomic mass is 9.81. The van der Waals surface area contributed by atoms with E-state index in [-0.39, 0.29) is 17.5 Å². The zero-order chi connectivity index (χ0) is 12.6. The van der Waals surface area contributed by atoms with Crippen LogP contribution in [0.25, 0.3) is 0 Å². The molecule has 3 rings (SSSR count). The first-order valence-corrected chi connectivity index (χ1v) is 6.52. The van der Waals surface area contributed by atoms with E-state index in [0.717, 1.165) is 12.8 Å². The molecule has 0 radical (unpaired) electrons. The summed E-state index contributed by atoms with van der Waals surface area (Å²) >= 11 is 0. The van der Waals surface area contributed by atoms with Gasteiger partial charge in [0.25, 0.3) is 0 Å². The van der Waals surface area contributed by atoms with Crippen molar-refractivity contribution in [2.45, 2.75) is 26.1 Å². The topological polar surface area (TPSA) is 35.5 Å². The van der Waals surface area contributed by atoms with E-state index in [1.54, 1.807) is 12.2 Å². The van der Waals surface area contributed by atoms with Crippen molar-refractivity contribution in [1.82, 2.24) is 0 Å². The third-order valence-electron chi connectivity index (χ3n) is 4.02. The van der Waals surface area contributed by atoms with Crippen LogP contribution in [0.15, 0.2) is 36.0 Å². The van der Waals surface area contributed by atoms with Crippen molar-refractivity contribution in [3.8, 4) is 0 Å². The summed E-state index contributed by atoms with van der Waals surface area (Å²) in [6, 6.07) is 0. The van der Waals surface area contributed by atoms with Gasteiger partial charge in [0.15, 0.2) is 12.1 Å². The second-order valence-electron chi connectivity index (χ2n) is 5.38. The molecule has 0 unspecified atom stereocenters. The molecular weight excluding hydrogens is 228 g/mol. The summed E-state index contributed by atoms with van der Waals surface area (Å²) in [6.07, 6.45) is 11.5. The lowest BCUT2D eigenvalue weighted by Gasteiger charge is -2.23. The highest BCUT2D eigenvalue weighted by molar-refractivity contribution is 6.00. The zero-order valence-corrected chi connectivity index (χ0v) is 10.6. The van der Waals surface area contributed by atoms with Crippen LogP contribution < -0.4 is 0 Å². The van der Waals surface area contributed by atoms with Crippen LogP contribution in [0.5, 0.6) is 0 Å². The second-order valence-corrected chi connectivity index (χ2v) is 5.38. The van der Waals surface area contributed by atoms with E-state index in [9.17, 15) is 4.79 Å². The molecule has 0 amide bonds. The van der Waals surface area contributed by atoms with E-state index in [0.29, 0.717) is 19.1 Å². The van der Waals surface area contributed by atoms with Gasteiger partial charge in [0.05, 0.1) is 13.2 Å². The summed E-state index contributed by atoms with van der Waals surface area (Å²) < 4.78 is 11.0. The number of carbonyl (C=O) groups is 1. The maximum atomic E-state index is 11.2. The third kappa shape index (κ3) is 2.20. The molecule has 0 aromatic rings. The Labute approximate surface area is 107 Å². The standard InChI is InChI=1S/C15H18O3/c1-11-9-15(4-2-13(16)3-5-15)10-12(11)8-14-17-6-7-18-14/h2-5,9,12,14H,6-8,10H2,1H3/t12-/m1/s1. The van der Waals surface area contributed by atoms with Gasteiger partial charge >= 0.3 is 0 Å². The van der Waals surface area contributed by atoms with Gasteiger partial charge in [0, 0.05) is 11.8 Å². The van der Waals surface area contributed by atoms with Gasteiger partial charge in [-0.3, -0.25) is 4.79 Å².